The predicted octanol–water partition coefficient (Wildman–Crippen LogP) is -0.506. The van der Waals surface area contributed by atoms with E-state index < -0.39 is 31.9 Å². The Bertz CT molecular complexity index is 310. The van der Waals surface area contributed by atoms with Gasteiger partial charge in [0.15, 0.2) is 0 Å². The van der Waals surface area contributed by atoms with Crippen molar-refractivity contribution in [3.8, 4) is 0 Å². The molecule has 1 aliphatic rings. The van der Waals surface area contributed by atoms with Crippen LogP contribution in [-0.4, -0.2) is 75.8 Å². The Morgan fingerprint density at radius 3 is 2.63 bits per heavy atom. The average Bonchev–Trinajstić information content (AvgIpc) is 2.56. The molecule has 0 aromatic rings. The highest BCUT2D eigenvalue weighted by molar-refractivity contribution is 7.51. The van der Waals surface area contributed by atoms with Gasteiger partial charge in [-0.05, 0) is 6.42 Å². The molecular weight excluding hydrogens is 274 g/mol. The Morgan fingerprint density at radius 2 is 2.11 bits per heavy atom. The fourth-order valence-corrected chi connectivity index (χ4v) is 2.59. The van der Waals surface area contributed by atoms with Crippen LogP contribution in [0.2, 0.25) is 0 Å². The van der Waals surface area contributed by atoms with Gasteiger partial charge >= 0.3 is 7.60 Å². The monoisotopic (exact) mass is 294 g/mol. The van der Waals surface area contributed by atoms with E-state index in [1.54, 1.807) is 0 Å². The van der Waals surface area contributed by atoms with Crippen LogP contribution in [0.5, 0.6) is 0 Å². The van der Waals surface area contributed by atoms with Gasteiger partial charge in [0.25, 0.3) is 0 Å². The molecule has 0 bridgehead atoms. The fourth-order valence-electron chi connectivity index (χ4n) is 1.88. The van der Waals surface area contributed by atoms with Crippen LogP contribution < -0.4 is 0 Å². The molecule has 0 saturated carbocycles. The summed E-state index contributed by atoms with van der Waals surface area (Å²) < 4.78 is 32.4. The quantitative estimate of drug-likeness (QED) is 0.354. The first-order chi connectivity index (χ1) is 8.89. The molecule has 0 aromatic heterocycles. The van der Waals surface area contributed by atoms with E-state index >= 15 is 0 Å². The van der Waals surface area contributed by atoms with Gasteiger partial charge in [-0.1, -0.05) is 0 Å². The molecule has 0 spiro atoms. The second-order valence-electron chi connectivity index (χ2n) is 4.38. The number of hydrogen-bond acceptors (Lipinski definition) is 6. The van der Waals surface area contributed by atoms with Crippen molar-refractivity contribution >= 4 is 15.4 Å². The zero-order valence-corrected chi connectivity index (χ0v) is 12.0. The molecule has 0 aliphatic carbocycles. The van der Waals surface area contributed by atoms with Crippen LogP contribution in [0.4, 0.5) is 0 Å². The first kappa shape index (κ1) is 17.1. The summed E-state index contributed by atoms with van der Waals surface area (Å²) in [5.41, 5.74) is 0. The number of methoxy groups -OCH3 is 1. The molecule has 1 fully saturated rings. The molecular formula is C10H20BO7P. The zero-order chi connectivity index (χ0) is 14.5. The van der Waals surface area contributed by atoms with E-state index in [2.05, 4.69) is 0 Å². The van der Waals surface area contributed by atoms with Gasteiger partial charge in [0.05, 0.1) is 6.61 Å². The second kappa shape index (κ2) is 7.74. The minimum atomic E-state index is -3.70. The molecule has 110 valence electrons. The average molecular weight is 294 g/mol. The molecule has 5 atom stereocenters. The van der Waals surface area contributed by atoms with E-state index in [-0.39, 0.29) is 19.8 Å². The fraction of sp³-hybridized carbons (Fsp3) is 1.00. The van der Waals surface area contributed by atoms with Gasteiger partial charge in [-0.3, -0.25) is 9.09 Å². The third kappa shape index (κ3) is 5.51. The van der Waals surface area contributed by atoms with Gasteiger partial charge in [0.2, 0.25) is 0 Å². The van der Waals surface area contributed by atoms with Crippen molar-refractivity contribution in [1.82, 2.24) is 0 Å². The van der Waals surface area contributed by atoms with E-state index in [1.807, 2.05) is 0 Å². The lowest BCUT2D eigenvalue weighted by Crippen LogP contribution is -2.38. The zero-order valence-electron chi connectivity index (χ0n) is 11.1. The van der Waals surface area contributed by atoms with Crippen molar-refractivity contribution < 1.29 is 33.3 Å². The molecule has 7 nitrogen and oxygen atoms in total. The van der Waals surface area contributed by atoms with E-state index in [4.69, 9.17) is 31.7 Å². The van der Waals surface area contributed by atoms with Crippen molar-refractivity contribution in [3.05, 3.63) is 0 Å². The number of aliphatic hydroxyl groups excluding tert-OH is 1. The Kier molecular flexibility index (Phi) is 6.97. The van der Waals surface area contributed by atoms with Gasteiger partial charge in [0.1, 0.15) is 26.2 Å². The first-order valence-electron chi connectivity index (χ1n) is 6.00. The molecule has 3 unspecified atom stereocenters. The molecule has 2 radical (unpaired) electrons. The summed E-state index contributed by atoms with van der Waals surface area (Å²) in [5, 5.41) is 8.72. The van der Waals surface area contributed by atoms with Crippen molar-refractivity contribution in [2.75, 3.05) is 33.6 Å². The van der Waals surface area contributed by atoms with Crippen LogP contribution in [0.25, 0.3) is 0 Å². The smallest absolute Gasteiger partial charge is 0.325 e. The van der Waals surface area contributed by atoms with Crippen LogP contribution in [0.1, 0.15) is 6.42 Å². The third-order valence-electron chi connectivity index (χ3n) is 2.61. The molecule has 1 saturated heterocycles. The Hall–Kier alpha value is 0.0549. The Balaban J connectivity index is 2.70. The molecule has 9 heteroatoms. The maximum atomic E-state index is 11.4. The first-order valence-corrected chi connectivity index (χ1v) is 8.02. The highest BCUT2D eigenvalue weighted by Crippen LogP contribution is 2.42. The molecule has 2 N–H and O–H groups in total. The van der Waals surface area contributed by atoms with Crippen LogP contribution in [-0.2, 0) is 23.3 Å². The molecule has 0 amide bonds. The lowest BCUT2D eigenvalue weighted by Gasteiger charge is -2.25. The number of ether oxygens (including phenoxy) is 3. The summed E-state index contributed by atoms with van der Waals surface area (Å²) in [5.74, 6) is 0. The Morgan fingerprint density at radius 1 is 1.42 bits per heavy atom. The summed E-state index contributed by atoms with van der Waals surface area (Å²) in [6.07, 6.45) is -1.59. The molecule has 1 heterocycles. The topological polar surface area (TPSA) is 94.5 Å². The molecule has 19 heavy (non-hydrogen) atoms. The molecule has 1 aliphatic heterocycles. The van der Waals surface area contributed by atoms with E-state index in [0.29, 0.717) is 6.42 Å². The normalized spacial score (nSPS) is 34.3. The SMILES string of the molecule is [B][C@@H]1O[C@H](COC)C(OP(C)(=O)O)C1OCCCO. The third-order valence-corrected chi connectivity index (χ3v) is 3.24. The van der Waals surface area contributed by atoms with Gasteiger partial charge < -0.3 is 24.2 Å². The van der Waals surface area contributed by atoms with Gasteiger partial charge in [-0.2, -0.15) is 0 Å². The predicted molar refractivity (Wildman–Crippen MR) is 68.4 cm³/mol. The van der Waals surface area contributed by atoms with Gasteiger partial charge in [0, 0.05) is 33.0 Å². The highest BCUT2D eigenvalue weighted by Gasteiger charge is 2.45. The summed E-state index contributed by atoms with van der Waals surface area (Å²) in [4.78, 5) is 9.34. The van der Waals surface area contributed by atoms with Gasteiger partial charge in [-0.25, -0.2) is 0 Å². The largest absolute Gasteiger partial charge is 0.396 e. The lowest BCUT2D eigenvalue weighted by atomic mass is 9.93. The summed E-state index contributed by atoms with van der Waals surface area (Å²) >= 11 is 0. The number of hydrogen-bond donors (Lipinski definition) is 2. The minimum absolute atomic E-state index is 0.0118. The second-order valence-corrected chi connectivity index (χ2v) is 6.20. The van der Waals surface area contributed by atoms with Crippen molar-refractivity contribution in [2.45, 2.75) is 30.7 Å². The standard InChI is InChI=1S/C10H20BO7P/c1-15-6-7-8(18-19(2,13)14)9(10(11)17-7)16-5-3-4-12/h7-10,12H,3-6H2,1-2H3,(H,13,14)/t7-,8?,9?,10-/m1/s1. The van der Waals surface area contributed by atoms with E-state index in [9.17, 15) is 9.46 Å². The van der Waals surface area contributed by atoms with Crippen LogP contribution in [0.3, 0.4) is 0 Å². The highest BCUT2D eigenvalue weighted by atomic mass is 31.2. The van der Waals surface area contributed by atoms with E-state index in [1.165, 1.54) is 7.11 Å². The van der Waals surface area contributed by atoms with Crippen molar-refractivity contribution in [3.63, 3.8) is 0 Å². The number of aliphatic hydroxyl groups is 1. The molecule has 0 aromatic carbocycles. The maximum Gasteiger partial charge on any atom is 0.325 e. The van der Waals surface area contributed by atoms with Crippen molar-refractivity contribution in [2.24, 2.45) is 0 Å². The maximum absolute atomic E-state index is 11.4. The molecule has 1 rings (SSSR count). The van der Waals surface area contributed by atoms with Crippen LogP contribution in [0.15, 0.2) is 0 Å². The number of rotatable bonds is 8. The van der Waals surface area contributed by atoms with Crippen LogP contribution >= 0.6 is 7.60 Å². The van der Waals surface area contributed by atoms with Crippen molar-refractivity contribution in [1.29, 1.82) is 0 Å². The summed E-state index contributed by atoms with van der Waals surface area (Å²) in [6, 6.07) is -0.768. The summed E-state index contributed by atoms with van der Waals surface area (Å²) in [7, 11) is 3.56. The summed E-state index contributed by atoms with van der Waals surface area (Å²) in [6.45, 7) is 1.52. The Labute approximate surface area is 114 Å². The van der Waals surface area contributed by atoms with E-state index in [0.717, 1.165) is 6.66 Å². The van der Waals surface area contributed by atoms with Gasteiger partial charge in [-0.15, -0.1) is 0 Å². The lowest BCUT2D eigenvalue weighted by molar-refractivity contribution is -0.0266. The minimum Gasteiger partial charge on any atom is -0.396 e. The van der Waals surface area contributed by atoms with Crippen LogP contribution in [0, 0.1) is 0 Å².